The molecule has 10 heteroatoms. The molecule has 0 radical (unpaired) electrons. The minimum atomic E-state index is -0.326. The molecule has 5 rings (SSSR count). The lowest BCUT2D eigenvalue weighted by Crippen LogP contribution is -2.57. The molecular formula is C29H34N4O5S. The molecular weight excluding hydrogens is 516 g/mol. The van der Waals surface area contributed by atoms with Crippen LogP contribution in [0.1, 0.15) is 46.3 Å². The number of anilines is 1. The van der Waals surface area contributed by atoms with E-state index in [1.165, 1.54) is 11.3 Å². The maximum absolute atomic E-state index is 13.5. The molecule has 2 aromatic carbocycles. The Bertz CT molecular complexity index is 1340. The van der Waals surface area contributed by atoms with Gasteiger partial charge in [-0.2, -0.15) is 0 Å². The van der Waals surface area contributed by atoms with Crippen LogP contribution in [0.5, 0.6) is 17.2 Å². The molecule has 0 saturated carbocycles. The van der Waals surface area contributed by atoms with E-state index in [9.17, 15) is 9.59 Å². The van der Waals surface area contributed by atoms with E-state index in [0.717, 1.165) is 22.8 Å². The van der Waals surface area contributed by atoms with Crippen molar-refractivity contribution in [1.82, 2.24) is 15.2 Å². The molecule has 0 aliphatic carbocycles. The zero-order valence-corrected chi connectivity index (χ0v) is 23.3. The fourth-order valence-electron chi connectivity index (χ4n) is 4.94. The second kappa shape index (κ2) is 12.0. The third-order valence-electron chi connectivity index (χ3n) is 6.96. The van der Waals surface area contributed by atoms with Gasteiger partial charge in [-0.05, 0) is 62.1 Å². The zero-order chi connectivity index (χ0) is 27.4. The Morgan fingerprint density at radius 1 is 1.23 bits per heavy atom. The first kappa shape index (κ1) is 27.0. The number of benzene rings is 2. The van der Waals surface area contributed by atoms with Crippen LogP contribution in [-0.2, 0) is 22.6 Å². The van der Waals surface area contributed by atoms with Crippen molar-refractivity contribution in [2.45, 2.75) is 51.9 Å². The van der Waals surface area contributed by atoms with Gasteiger partial charge in [0.1, 0.15) is 10.6 Å². The first-order valence-corrected chi connectivity index (χ1v) is 14.1. The second-order valence-corrected chi connectivity index (χ2v) is 10.8. The molecule has 2 aliphatic rings. The maximum Gasteiger partial charge on any atom is 0.265 e. The van der Waals surface area contributed by atoms with Gasteiger partial charge in [0.05, 0.1) is 31.6 Å². The Morgan fingerprint density at radius 3 is 2.92 bits per heavy atom. The van der Waals surface area contributed by atoms with E-state index in [1.54, 1.807) is 12.0 Å². The predicted molar refractivity (Wildman–Crippen MR) is 150 cm³/mol. The molecule has 2 N–H and O–H groups in total. The number of fused-ring (bicyclic) bond motifs is 5. The van der Waals surface area contributed by atoms with Crippen molar-refractivity contribution in [2.24, 2.45) is 0 Å². The van der Waals surface area contributed by atoms with Crippen molar-refractivity contribution >= 4 is 28.3 Å². The van der Waals surface area contributed by atoms with Gasteiger partial charge in [0.2, 0.25) is 5.91 Å². The number of likely N-dealkylation sites (tertiary alicyclic amines) is 1. The molecule has 1 fully saturated rings. The number of carbonyl (C=O) groups is 2. The van der Waals surface area contributed by atoms with Crippen molar-refractivity contribution in [3.8, 4) is 17.2 Å². The van der Waals surface area contributed by atoms with Crippen LogP contribution in [0.2, 0.25) is 0 Å². The number of aromatic nitrogens is 1. The Morgan fingerprint density at radius 2 is 2.10 bits per heavy atom. The van der Waals surface area contributed by atoms with Gasteiger partial charge in [-0.3, -0.25) is 9.59 Å². The molecule has 1 aromatic heterocycles. The number of rotatable bonds is 4. The van der Waals surface area contributed by atoms with Crippen LogP contribution in [0.25, 0.3) is 0 Å². The average molecular weight is 551 g/mol. The van der Waals surface area contributed by atoms with Crippen LogP contribution in [0, 0.1) is 6.92 Å². The highest BCUT2D eigenvalue weighted by Gasteiger charge is 2.35. The lowest BCUT2D eigenvalue weighted by molar-refractivity contribution is -0.124. The van der Waals surface area contributed by atoms with E-state index in [1.807, 2.05) is 56.3 Å². The number of nitrogens with zero attached hydrogens (tertiary/aromatic N) is 2. The summed E-state index contributed by atoms with van der Waals surface area (Å²) in [6.07, 6.45) is 1.23. The second-order valence-electron chi connectivity index (χ2n) is 9.76. The lowest BCUT2D eigenvalue weighted by Gasteiger charge is -2.38. The Hall–Kier alpha value is -3.63. The topological polar surface area (TPSA) is 102 Å². The Labute approximate surface area is 232 Å². The highest BCUT2D eigenvalue weighted by atomic mass is 32.1. The largest absolute Gasteiger partial charge is 0.493 e. The van der Waals surface area contributed by atoms with Crippen molar-refractivity contribution < 1.29 is 23.8 Å². The summed E-state index contributed by atoms with van der Waals surface area (Å²) in [5, 5.41) is 7.09. The molecule has 3 heterocycles. The molecule has 0 unspecified atom stereocenters. The molecule has 2 aliphatic heterocycles. The molecule has 2 atom stereocenters. The summed E-state index contributed by atoms with van der Waals surface area (Å²) in [7, 11) is 1.61. The van der Waals surface area contributed by atoms with Gasteiger partial charge in [-0.15, -0.1) is 0 Å². The van der Waals surface area contributed by atoms with E-state index in [0.29, 0.717) is 66.8 Å². The number of methoxy groups -OCH3 is 1. The zero-order valence-electron chi connectivity index (χ0n) is 22.5. The number of amides is 2. The van der Waals surface area contributed by atoms with Crippen molar-refractivity contribution in [3.63, 3.8) is 0 Å². The van der Waals surface area contributed by atoms with Crippen LogP contribution in [0.3, 0.4) is 0 Å². The molecule has 3 aromatic rings. The van der Waals surface area contributed by atoms with Crippen molar-refractivity contribution in [3.05, 3.63) is 64.2 Å². The van der Waals surface area contributed by atoms with Gasteiger partial charge in [0.15, 0.2) is 16.6 Å². The predicted octanol–water partition coefficient (Wildman–Crippen LogP) is 4.55. The van der Waals surface area contributed by atoms with Gasteiger partial charge in [-0.1, -0.05) is 29.5 Å². The number of ether oxygens (including phenoxy) is 3. The normalized spacial score (nSPS) is 19.6. The quantitative estimate of drug-likeness (QED) is 0.492. The fraction of sp³-hybridized carbons (Fsp3) is 0.414. The average Bonchev–Trinajstić information content (AvgIpc) is 3.30. The molecule has 206 valence electrons. The van der Waals surface area contributed by atoms with Crippen molar-refractivity contribution in [1.29, 1.82) is 0 Å². The van der Waals surface area contributed by atoms with E-state index in [2.05, 4.69) is 15.6 Å². The number of piperidine rings is 1. The van der Waals surface area contributed by atoms with E-state index < -0.39 is 0 Å². The first-order valence-electron chi connectivity index (χ1n) is 13.3. The Kier molecular flexibility index (Phi) is 8.33. The van der Waals surface area contributed by atoms with E-state index in [4.69, 9.17) is 14.2 Å². The van der Waals surface area contributed by atoms with Gasteiger partial charge in [-0.25, -0.2) is 4.98 Å². The summed E-state index contributed by atoms with van der Waals surface area (Å²) < 4.78 is 18.0. The number of hydrogen-bond acceptors (Lipinski definition) is 8. The third kappa shape index (κ3) is 6.34. The number of carbonyl (C=O) groups excluding carboxylic acids is 2. The maximum atomic E-state index is 13.5. The summed E-state index contributed by atoms with van der Waals surface area (Å²) in [6.45, 7) is 5.87. The van der Waals surface area contributed by atoms with Crippen LogP contribution < -0.4 is 20.1 Å². The summed E-state index contributed by atoms with van der Waals surface area (Å²) in [5.74, 6) is 1.76. The van der Waals surface area contributed by atoms with Gasteiger partial charge < -0.3 is 29.7 Å². The fourth-order valence-corrected chi connectivity index (χ4v) is 5.94. The molecule has 1 saturated heterocycles. The number of aryl methyl sites for hydroxylation is 2. The molecule has 0 spiro atoms. The van der Waals surface area contributed by atoms with Gasteiger partial charge in [0, 0.05) is 26.1 Å². The highest BCUT2D eigenvalue weighted by molar-refractivity contribution is 7.17. The molecule has 2 amide bonds. The molecule has 9 nitrogen and oxygen atoms in total. The number of nitrogens with one attached hydrogen (secondary N) is 2. The van der Waals surface area contributed by atoms with Crippen LogP contribution >= 0.6 is 11.3 Å². The van der Waals surface area contributed by atoms with E-state index in [-0.39, 0.29) is 24.0 Å². The smallest absolute Gasteiger partial charge is 0.265 e. The standard InChI is InChI=1S/C29H34N4O5S/c1-4-30-29-31-18(2)27(39-29)28(35)33-13-12-23-22(16-33)32-26(34)11-9-19-8-10-24(36-3)25(15-19)38-21-7-5-6-20(14-21)17-37-23/h5-8,10,14-15,22-23H,4,9,11-13,16-17H2,1-3H3,(H,30,31)(H,32,34)/t22-,23+/m0/s1. The summed E-state index contributed by atoms with van der Waals surface area (Å²) in [4.78, 5) is 33.4. The van der Waals surface area contributed by atoms with Crippen LogP contribution in [0.15, 0.2) is 42.5 Å². The minimum absolute atomic E-state index is 0.0617. The minimum Gasteiger partial charge on any atom is -0.493 e. The first-order chi connectivity index (χ1) is 18.9. The number of thiazole rings is 1. The molecule has 39 heavy (non-hydrogen) atoms. The highest BCUT2D eigenvalue weighted by Crippen LogP contribution is 2.33. The van der Waals surface area contributed by atoms with Crippen LogP contribution in [0.4, 0.5) is 5.13 Å². The van der Waals surface area contributed by atoms with Crippen molar-refractivity contribution in [2.75, 3.05) is 32.1 Å². The number of hydrogen-bond donors (Lipinski definition) is 2. The van der Waals surface area contributed by atoms with E-state index >= 15 is 0 Å². The van der Waals surface area contributed by atoms with Gasteiger partial charge in [0.25, 0.3) is 5.91 Å². The SMILES string of the molecule is CCNc1nc(C)c(C(=O)N2CC[C@H]3OCc4cccc(c4)Oc4cc(ccc4OC)CCC(=O)N[C@H]3C2)s1. The monoisotopic (exact) mass is 550 g/mol. The summed E-state index contributed by atoms with van der Waals surface area (Å²) >= 11 is 1.37. The lowest BCUT2D eigenvalue weighted by atomic mass is 10.0. The molecule has 4 bridgehead atoms. The third-order valence-corrected chi connectivity index (χ3v) is 8.06. The summed E-state index contributed by atoms with van der Waals surface area (Å²) in [6, 6.07) is 13.2. The Balaban J connectivity index is 1.37. The van der Waals surface area contributed by atoms with Gasteiger partial charge >= 0.3 is 0 Å². The van der Waals surface area contributed by atoms with Crippen LogP contribution in [-0.4, -0.2) is 60.6 Å². The summed E-state index contributed by atoms with van der Waals surface area (Å²) in [5.41, 5.74) is 2.64.